The molecular formula is C22H33N3O6SSi. The molecular weight excluding hydrogens is 462 g/mol. The summed E-state index contributed by atoms with van der Waals surface area (Å²) in [5, 5.41) is 10.9. The fourth-order valence-electron chi connectivity index (χ4n) is 4.77. The molecule has 0 aromatic heterocycles. The Labute approximate surface area is 196 Å². The van der Waals surface area contributed by atoms with Crippen LogP contribution in [-0.2, 0) is 19.2 Å². The monoisotopic (exact) mass is 495 g/mol. The van der Waals surface area contributed by atoms with Gasteiger partial charge < -0.3 is 9.33 Å². The number of nitro groups is 1. The highest BCUT2D eigenvalue weighted by molar-refractivity contribution is 7.89. The zero-order chi connectivity index (χ0) is 24.3. The topological polar surface area (TPSA) is 110 Å². The van der Waals surface area contributed by atoms with Crippen molar-refractivity contribution in [2.24, 2.45) is 11.8 Å². The van der Waals surface area contributed by atoms with Crippen LogP contribution in [0.1, 0.15) is 33.6 Å². The molecule has 0 spiro atoms. The number of fused-ring (bicyclic) bond motifs is 1. The first-order valence-corrected chi connectivity index (χ1v) is 15.8. The second-order valence-corrected chi connectivity index (χ2v) is 17.7. The molecule has 0 unspecified atom stereocenters. The highest BCUT2D eigenvalue weighted by atomic mass is 32.2. The first kappa shape index (κ1) is 24.3. The first-order valence-electron chi connectivity index (χ1n) is 11.4. The molecule has 1 heterocycles. The number of hydrogen-bond acceptors (Lipinski definition) is 6. The lowest BCUT2D eigenvalue weighted by Gasteiger charge is -2.44. The molecule has 1 aliphatic heterocycles. The average molecular weight is 496 g/mol. The molecule has 2 aliphatic carbocycles. The van der Waals surface area contributed by atoms with Crippen molar-refractivity contribution in [3.8, 4) is 0 Å². The molecule has 2 saturated carbocycles. The number of nitro benzene ring substituents is 1. The molecule has 0 radical (unpaired) electrons. The van der Waals surface area contributed by atoms with Gasteiger partial charge in [-0.3, -0.25) is 14.9 Å². The van der Waals surface area contributed by atoms with E-state index in [9.17, 15) is 23.3 Å². The molecule has 4 atom stereocenters. The molecule has 11 heteroatoms. The van der Waals surface area contributed by atoms with Crippen LogP contribution >= 0.6 is 0 Å². The lowest BCUT2D eigenvalue weighted by molar-refractivity contribution is -0.384. The molecule has 4 rings (SSSR count). The van der Waals surface area contributed by atoms with Gasteiger partial charge in [-0.05, 0) is 54.9 Å². The zero-order valence-electron chi connectivity index (χ0n) is 19.9. The number of rotatable bonds is 6. The Morgan fingerprint density at radius 1 is 1.12 bits per heavy atom. The van der Waals surface area contributed by atoms with Gasteiger partial charge in [0.25, 0.3) is 5.69 Å². The molecule has 1 aromatic rings. The maximum absolute atomic E-state index is 13.1. The summed E-state index contributed by atoms with van der Waals surface area (Å²) in [5.74, 6) is 0.889. The van der Waals surface area contributed by atoms with E-state index in [1.165, 1.54) is 28.6 Å². The lowest BCUT2D eigenvalue weighted by atomic mass is 10.1. The van der Waals surface area contributed by atoms with Crippen LogP contribution in [0.25, 0.3) is 0 Å². The first-order chi connectivity index (χ1) is 15.2. The van der Waals surface area contributed by atoms with Crippen LogP contribution in [0, 0.1) is 22.0 Å². The van der Waals surface area contributed by atoms with Gasteiger partial charge in [0, 0.05) is 25.2 Å². The molecule has 182 valence electrons. The second-order valence-electron chi connectivity index (χ2n) is 11.0. The summed E-state index contributed by atoms with van der Waals surface area (Å²) in [5.41, 5.74) is -0.178. The van der Waals surface area contributed by atoms with Crippen molar-refractivity contribution in [2.45, 2.75) is 68.8 Å². The van der Waals surface area contributed by atoms with Gasteiger partial charge in [-0.2, -0.15) is 4.31 Å². The fraction of sp³-hybridized carbons (Fsp3) is 0.682. The van der Waals surface area contributed by atoms with E-state index in [4.69, 9.17) is 4.43 Å². The maximum atomic E-state index is 13.1. The molecule has 1 saturated heterocycles. The number of carbonyl (C=O) groups is 1. The molecule has 1 aromatic carbocycles. The van der Waals surface area contributed by atoms with E-state index in [2.05, 4.69) is 33.9 Å². The van der Waals surface area contributed by atoms with Crippen LogP contribution in [0.3, 0.4) is 0 Å². The minimum atomic E-state index is -3.91. The Morgan fingerprint density at radius 2 is 1.76 bits per heavy atom. The van der Waals surface area contributed by atoms with Crippen LogP contribution in [0.2, 0.25) is 18.1 Å². The Bertz CT molecular complexity index is 1050. The van der Waals surface area contributed by atoms with E-state index < -0.39 is 23.3 Å². The number of amides is 1. The van der Waals surface area contributed by atoms with E-state index in [0.29, 0.717) is 18.4 Å². The van der Waals surface area contributed by atoms with Gasteiger partial charge in [0.15, 0.2) is 8.32 Å². The molecule has 1 amide bonds. The Balaban J connectivity index is 1.47. The largest absolute Gasteiger partial charge is 0.412 e. The van der Waals surface area contributed by atoms with Crippen molar-refractivity contribution in [3.63, 3.8) is 0 Å². The van der Waals surface area contributed by atoms with Gasteiger partial charge >= 0.3 is 0 Å². The molecule has 9 nitrogen and oxygen atoms in total. The van der Waals surface area contributed by atoms with E-state index in [-0.39, 0.29) is 46.8 Å². The molecule has 0 bridgehead atoms. The van der Waals surface area contributed by atoms with Crippen molar-refractivity contribution < 1.29 is 22.6 Å². The van der Waals surface area contributed by atoms with Crippen LogP contribution in [0.5, 0.6) is 0 Å². The van der Waals surface area contributed by atoms with Gasteiger partial charge in [0.1, 0.15) is 0 Å². The standard InChI is InChI=1S/C22H33N3O6SSi/c1-22(2,3)33(4,5)31-21-18-12-15(18)13-19(21)24-11-10-23(14-20(24)26)32(29,30)17-8-6-16(7-9-17)25(27)28/h6-9,15,18-19,21H,10-14H2,1-5H3/t15-,18+,19+,21-/m1/s1. The summed E-state index contributed by atoms with van der Waals surface area (Å²) in [6.07, 6.45) is 2.10. The minimum Gasteiger partial charge on any atom is -0.412 e. The van der Waals surface area contributed by atoms with Crippen molar-refractivity contribution in [1.82, 2.24) is 9.21 Å². The minimum absolute atomic E-state index is 0.000367. The van der Waals surface area contributed by atoms with E-state index in [0.717, 1.165) is 12.8 Å². The Kier molecular flexibility index (Phi) is 6.00. The maximum Gasteiger partial charge on any atom is 0.269 e. The van der Waals surface area contributed by atoms with Crippen molar-refractivity contribution in [3.05, 3.63) is 34.4 Å². The molecule has 33 heavy (non-hydrogen) atoms. The smallest absolute Gasteiger partial charge is 0.269 e. The van der Waals surface area contributed by atoms with Crippen LogP contribution < -0.4 is 0 Å². The second kappa shape index (κ2) is 8.14. The van der Waals surface area contributed by atoms with Crippen LogP contribution in [0.15, 0.2) is 29.2 Å². The highest BCUT2D eigenvalue weighted by Gasteiger charge is 2.58. The van der Waals surface area contributed by atoms with E-state index >= 15 is 0 Å². The average Bonchev–Trinajstić information content (AvgIpc) is 3.41. The number of benzene rings is 1. The van der Waals surface area contributed by atoms with Gasteiger partial charge in [0.05, 0.1) is 28.5 Å². The summed E-state index contributed by atoms with van der Waals surface area (Å²) in [4.78, 5) is 25.2. The Morgan fingerprint density at radius 3 is 2.30 bits per heavy atom. The number of non-ortho nitro benzene ring substituents is 1. The Hall–Kier alpha value is -1.82. The lowest BCUT2D eigenvalue weighted by Crippen LogP contribution is -2.59. The summed E-state index contributed by atoms with van der Waals surface area (Å²) in [6, 6.07) is 4.77. The SMILES string of the molecule is CC(C)(C)[Si](C)(C)O[C@@H]1[C@H]2C[C@@H]2C[C@@H]1N1CCN(S(=O)(=O)c2ccc([N+](=O)[O-])cc2)CC1=O. The summed E-state index contributed by atoms with van der Waals surface area (Å²) in [7, 11) is -5.91. The van der Waals surface area contributed by atoms with Crippen molar-refractivity contribution >= 4 is 29.9 Å². The summed E-state index contributed by atoms with van der Waals surface area (Å²) < 4.78 is 34.0. The number of carbonyl (C=O) groups excluding carboxylic acids is 1. The number of piperazine rings is 1. The van der Waals surface area contributed by atoms with E-state index in [1.54, 1.807) is 0 Å². The molecule has 3 aliphatic rings. The van der Waals surface area contributed by atoms with Crippen LogP contribution in [-0.4, -0.2) is 68.6 Å². The summed E-state index contributed by atoms with van der Waals surface area (Å²) >= 11 is 0. The number of sulfonamides is 1. The predicted molar refractivity (Wildman–Crippen MR) is 126 cm³/mol. The molecule has 0 N–H and O–H groups in total. The number of hydrogen-bond donors (Lipinski definition) is 0. The third kappa shape index (κ3) is 4.47. The van der Waals surface area contributed by atoms with Crippen LogP contribution in [0.4, 0.5) is 5.69 Å². The normalized spacial score (nSPS) is 28.6. The highest BCUT2D eigenvalue weighted by Crippen LogP contribution is 2.56. The van der Waals surface area contributed by atoms with E-state index in [1.807, 2.05) is 4.90 Å². The van der Waals surface area contributed by atoms with Gasteiger partial charge in [-0.15, -0.1) is 0 Å². The molecule has 3 fully saturated rings. The van der Waals surface area contributed by atoms with Crippen molar-refractivity contribution in [2.75, 3.05) is 19.6 Å². The zero-order valence-corrected chi connectivity index (χ0v) is 21.7. The third-order valence-electron chi connectivity index (χ3n) is 7.87. The summed E-state index contributed by atoms with van der Waals surface area (Å²) in [6.45, 7) is 11.4. The van der Waals surface area contributed by atoms with Gasteiger partial charge in [-0.25, -0.2) is 8.42 Å². The predicted octanol–water partition coefficient (Wildman–Crippen LogP) is 3.23. The third-order valence-corrected chi connectivity index (χ3v) is 14.2. The number of nitrogens with zero attached hydrogens (tertiary/aromatic N) is 3. The fourth-order valence-corrected chi connectivity index (χ4v) is 7.52. The quantitative estimate of drug-likeness (QED) is 0.340. The van der Waals surface area contributed by atoms with Gasteiger partial charge in [0.2, 0.25) is 15.9 Å². The van der Waals surface area contributed by atoms with Crippen molar-refractivity contribution in [1.29, 1.82) is 0 Å². The van der Waals surface area contributed by atoms with Gasteiger partial charge in [-0.1, -0.05) is 20.8 Å².